The van der Waals surface area contributed by atoms with Gasteiger partial charge >= 0.3 is 0 Å². The van der Waals surface area contributed by atoms with Crippen molar-refractivity contribution in [2.45, 2.75) is 13.3 Å². The zero-order valence-electron chi connectivity index (χ0n) is 10.2. The lowest BCUT2D eigenvalue weighted by Crippen LogP contribution is -1.92. The van der Waals surface area contributed by atoms with Crippen LogP contribution in [0.5, 0.6) is 0 Å². The molecule has 0 atom stereocenters. The second-order valence-corrected chi connectivity index (χ2v) is 6.65. The fourth-order valence-electron chi connectivity index (χ4n) is 1.98. The molecule has 0 aliphatic heterocycles. The molecular formula is C14H10ClIN2S. The van der Waals surface area contributed by atoms with Gasteiger partial charge in [-0.25, -0.2) is 9.97 Å². The van der Waals surface area contributed by atoms with Crippen LogP contribution in [-0.4, -0.2) is 9.97 Å². The first-order valence-electron chi connectivity index (χ1n) is 5.88. The fraction of sp³-hybridized carbons (Fsp3) is 0.143. The van der Waals surface area contributed by atoms with E-state index in [9.17, 15) is 0 Å². The highest BCUT2D eigenvalue weighted by atomic mass is 127. The lowest BCUT2D eigenvalue weighted by molar-refractivity contribution is 1.14. The van der Waals surface area contributed by atoms with Crippen LogP contribution in [-0.2, 0) is 6.42 Å². The molecule has 0 unspecified atom stereocenters. The van der Waals surface area contributed by atoms with Crippen molar-refractivity contribution in [3.63, 3.8) is 0 Å². The molecule has 3 rings (SSSR count). The normalized spacial score (nSPS) is 11.1. The van der Waals surface area contributed by atoms with E-state index in [1.165, 1.54) is 5.56 Å². The molecule has 2 nitrogen and oxygen atoms in total. The van der Waals surface area contributed by atoms with Gasteiger partial charge in [-0.15, -0.1) is 11.3 Å². The number of aryl methyl sites for hydroxylation is 1. The van der Waals surface area contributed by atoms with Crippen LogP contribution < -0.4 is 0 Å². The summed E-state index contributed by atoms with van der Waals surface area (Å²) in [5, 5.41) is 3.50. The number of benzene rings is 1. The summed E-state index contributed by atoms with van der Waals surface area (Å²) in [5.41, 5.74) is 2.16. The highest BCUT2D eigenvalue weighted by Crippen LogP contribution is 2.31. The fourth-order valence-corrected chi connectivity index (χ4v) is 3.63. The maximum atomic E-state index is 6.30. The first kappa shape index (κ1) is 13.3. The molecule has 5 heteroatoms. The van der Waals surface area contributed by atoms with E-state index in [2.05, 4.69) is 50.9 Å². The quantitative estimate of drug-likeness (QED) is 0.437. The maximum Gasteiger partial charge on any atom is 0.171 e. The molecule has 0 saturated heterocycles. The third-order valence-electron chi connectivity index (χ3n) is 2.94. The minimum atomic E-state index is 0.522. The Morgan fingerprint density at radius 3 is 2.89 bits per heavy atom. The SMILES string of the molecule is CCc1ccsc1-c1nc(Cl)c2cc(I)ccc2n1. The Morgan fingerprint density at radius 2 is 2.11 bits per heavy atom. The topological polar surface area (TPSA) is 25.8 Å². The van der Waals surface area contributed by atoms with Crippen LogP contribution in [0.2, 0.25) is 5.15 Å². The molecular weight excluding hydrogens is 391 g/mol. The van der Waals surface area contributed by atoms with Crippen molar-refractivity contribution in [2.24, 2.45) is 0 Å². The standard InChI is InChI=1S/C14H10ClIN2S/c1-2-8-5-6-19-12(8)14-17-11-4-3-9(16)7-10(11)13(15)18-14/h3-7H,2H2,1H3. The summed E-state index contributed by atoms with van der Waals surface area (Å²) in [4.78, 5) is 10.2. The minimum Gasteiger partial charge on any atom is -0.227 e. The Hall–Kier alpha value is -0.720. The van der Waals surface area contributed by atoms with E-state index < -0.39 is 0 Å². The van der Waals surface area contributed by atoms with Crippen LogP contribution in [0, 0.1) is 3.57 Å². The lowest BCUT2D eigenvalue weighted by atomic mass is 10.2. The van der Waals surface area contributed by atoms with Gasteiger partial charge in [0.2, 0.25) is 0 Å². The molecule has 2 heterocycles. The number of thiophene rings is 1. The van der Waals surface area contributed by atoms with E-state index in [0.29, 0.717) is 5.15 Å². The van der Waals surface area contributed by atoms with Gasteiger partial charge in [-0.2, -0.15) is 0 Å². The molecule has 0 aliphatic carbocycles. The molecule has 0 saturated carbocycles. The summed E-state index contributed by atoms with van der Waals surface area (Å²) in [6, 6.07) is 8.16. The molecule has 96 valence electrons. The van der Waals surface area contributed by atoms with E-state index in [0.717, 1.165) is 31.6 Å². The highest BCUT2D eigenvalue weighted by Gasteiger charge is 2.12. The molecule has 0 radical (unpaired) electrons. The molecule has 19 heavy (non-hydrogen) atoms. The molecule has 0 aliphatic rings. The Bertz CT molecular complexity index is 754. The molecule has 1 aromatic carbocycles. The summed E-state index contributed by atoms with van der Waals surface area (Å²) in [6.07, 6.45) is 0.977. The van der Waals surface area contributed by atoms with Crippen molar-refractivity contribution in [1.29, 1.82) is 0 Å². The average Bonchev–Trinajstić information content (AvgIpc) is 2.87. The predicted molar refractivity (Wildman–Crippen MR) is 90.0 cm³/mol. The average molecular weight is 401 g/mol. The summed E-state index contributed by atoms with van der Waals surface area (Å²) < 4.78 is 1.13. The van der Waals surface area contributed by atoms with Crippen molar-refractivity contribution < 1.29 is 0 Å². The van der Waals surface area contributed by atoms with E-state index in [4.69, 9.17) is 11.6 Å². The van der Waals surface area contributed by atoms with Gasteiger partial charge in [0.15, 0.2) is 5.82 Å². The van der Waals surface area contributed by atoms with Crippen molar-refractivity contribution in [3.05, 3.63) is 43.9 Å². The number of hydrogen-bond acceptors (Lipinski definition) is 3. The molecule has 0 bridgehead atoms. The van der Waals surface area contributed by atoms with Crippen molar-refractivity contribution in [2.75, 3.05) is 0 Å². The first-order chi connectivity index (χ1) is 9.19. The van der Waals surface area contributed by atoms with Crippen molar-refractivity contribution in [1.82, 2.24) is 9.97 Å². The molecule has 2 aromatic heterocycles. The summed E-state index contributed by atoms with van der Waals surface area (Å²) in [5.74, 6) is 0.727. The van der Waals surface area contributed by atoms with Gasteiger partial charge < -0.3 is 0 Å². The van der Waals surface area contributed by atoms with Crippen LogP contribution in [0.15, 0.2) is 29.6 Å². The summed E-state index contributed by atoms with van der Waals surface area (Å²) in [7, 11) is 0. The Morgan fingerprint density at radius 1 is 1.26 bits per heavy atom. The zero-order valence-corrected chi connectivity index (χ0v) is 13.9. The minimum absolute atomic E-state index is 0.522. The smallest absolute Gasteiger partial charge is 0.171 e. The van der Waals surface area contributed by atoms with Gasteiger partial charge in [-0.05, 0) is 64.2 Å². The van der Waals surface area contributed by atoms with E-state index in [-0.39, 0.29) is 0 Å². The van der Waals surface area contributed by atoms with Crippen LogP contribution in [0.1, 0.15) is 12.5 Å². The monoisotopic (exact) mass is 400 g/mol. The van der Waals surface area contributed by atoms with Crippen LogP contribution in [0.3, 0.4) is 0 Å². The number of aromatic nitrogens is 2. The summed E-state index contributed by atoms with van der Waals surface area (Å²) >= 11 is 10.2. The van der Waals surface area contributed by atoms with Crippen LogP contribution in [0.4, 0.5) is 0 Å². The number of rotatable bonds is 2. The van der Waals surface area contributed by atoms with E-state index in [1.54, 1.807) is 11.3 Å². The van der Waals surface area contributed by atoms with Crippen LogP contribution >= 0.6 is 45.5 Å². The first-order valence-corrected chi connectivity index (χ1v) is 8.22. The zero-order chi connectivity index (χ0) is 13.4. The Balaban J connectivity index is 2.24. The molecule has 0 fully saturated rings. The van der Waals surface area contributed by atoms with Gasteiger partial charge in [0.25, 0.3) is 0 Å². The van der Waals surface area contributed by atoms with Crippen LogP contribution in [0.25, 0.3) is 21.6 Å². The number of hydrogen-bond donors (Lipinski definition) is 0. The second-order valence-electron chi connectivity index (χ2n) is 4.13. The third kappa shape index (κ3) is 2.49. The highest BCUT2D eigenvalue weighted by molar-refractivity contribution is 14.1. The van der Waals surface area contributed by atoms with Gasteiger partial charge in [0.05, 0.1) is 10.4 Å². The lowest BCUT2D eigenvalue weighted by Gasteiger charge is -2.05. The van der Waals surface area contributed by atoms with Gasteiger partial charge in [0, 0.05) is 8.96 Å². The van der Waals surface area contributed by atoms with Gasteiger partial charge in [-0.3, -0.25) is 0 Å². The molecule has 0 spiro atoms. The predicted octanol–water partition coefficient (Wildman–Crippen LogP) is 5.18. The van der Waals surface area contributed by atoms with Crippen molar-refractivity contribution in [3.8, 4) is 10.7 Å². The van der Waals surface area contributed by atoms with Gasteiger partial charge in [0.1, 0.15) is 5.15 Å². The number of fused-ring (bicyclic) bond motifs is 1. The maximum absolute atomic E-state index is 6.30. The number of halogens is 2. The molecule has 0 N–H and O–H groups in total. The van der Waals surface area contributed by atoms with E-state index >= 15 is 0 Å². The van der Waals surface area contributed by atoms with Crippen molar-refractivity contribution >= 4 is 56.4 Å². The van der Waals surface area contributed by atoms with Gasteiger partial charge in [-0.1, -0.05) is 18.5 Å². The Labute approximate surface area is 134 Å². The molecule has 3 aromatic rings. The Kier molecular flexibility index (Phi) is 3.73. The largest absolute Gasteiger partial charge is 0.227 e. The second kappa shape index (κ2) is 5.34. The summed E-state index contributed by atoms with van der Waals surface area (Å²) in [6.45, 7) is 2.14. The van der Waals surface area contributed by atoms with E-state index in [1.807, 2.05) is 18.2 Å². The third-order valence-corrected chi connectivity index (χ3v) is 4.85. The molecule has 0 amide bonds. The number of nitrogens with zero attached hydrogens (tertiary/aromatic N) is 2.